The van der Waals surface area contributed by atoms with Crippen molar-refractivity contribution >= 4 is 77.5 Å². The number of halogens is 2. The average Bonchev–Trinajstić information content (AvgIpc) is 3.91. The summed E-state index contributed by atoms with van der Waals surface area (Å²) in [4.78, 5) is 5.25. The molecule has 66 heavy (non-hydrogen) atoms. The van der Waals surface area contributed by atoms with Gasteiger partial charge in [0, 0.05) is 49.1 Å². The van der Waals surface area contributed by atoms with Gasteiger partial charge in [-0.3, -0.25) is 13.6 Å². The van der Waals surface area contributed by atoms with Gasteiger partial charge in [-0.15, -0.1) is 0 Å². The predicted molar refractivity (Wildman–Crippen MR) is 275 cm³/mol. The smallest absolute Gasteiger partial charge is 0.329 e. The Bertz CT molecular complexity index is 3120. The maximum absolute atomic E-state index is 15.8. The second kappa shape index (κ2) is 19.3. The molecule has 9 rings (SSSR count). The molecule has 0 bridgehead atoms. The molecule has 0 spiro atoms. The fraction of sp³-hybridized carbons (Fsp3) is 0.0702. The van der Waals surface area contributed by atoms with Crippen molar-refractivity contribution in [2.75, 3.05) is 0 Å². The quantitative estimate of drug-likeness (QED) is 0.0806. The van der Waals surface area contributed by atoms with E-state index in [0.29, 0.717) is 49.4 Å². The molecular weight excluding hydrogens is 855 g/mol. The van der Waals surface area contributed by atoms with E-state index in [4.69, 9.17) is 4.99 Å². The number of allylic oxidation sites excluding steroid dienone is 2. The molecule has 9 heteroatoms. The minimum atomic E-state index is -3.37. The summed E-state index contributed by atoms with van der Waals surface area (Å²) in [5.41, 5.74) is 5.45. The van der Waals surface area contributed by atoms with Crippen molar-refractivity contribution in [3.05, 3.63) is 258 Å². The minimum absolute atomic E-state index is 0.323. The molecule has 1 aromatic heterocycles. The summed E-state index contributed by atoms with van der Waals surface area (Å²) in [6.07, 6.45) is 9.41. The summed E-state index contributed by atoms with van der Waals surface area (Å²) in [5.74, 6) is -0.558. The van der Waals surface area contributed by atoms with Crippen LogP contribution in [0.25, 0.3) is 18.2 Å². The molecule has 8 aromatic rings. The van der Waals surface area contributed by atoms with Crippen molar-refractivity contribution in [3.8, 4) is 0 Å². The maximum Gasteiger partial charge on any atom is 0.677 e. The van der Waals surface area contributed by atoms with E-state index in [2.05, 4.69) is 0 Å². The Balaban J connectivity index is 1.10. The summed E-state index contributed by atoms with van der Waals surface area (Å²) in [6, 6.07) is 64.3. The van der Waals surface area contributed by atoms with E-state index in [9.17, 15) is 0 Å². The number of aromatic nitrogens is 1. The lowest BCUT2D eigenvalue weighted by molar-refractivity contribution is 0.591. The van der Waals surface area contributed by atoms with E-state index in [-0.39, 0.29) is 0 Å². The highest BCUT2D eigenvalue weighted by Crippen LogP contribution is 2.45. The second-order valence-electron chi connectivity index (χ2n) is 16.4. The first-order valence-corrected chi connectivity index (χ1v) is 25.4. The SMILES string of the molecule is CC1=CC(/C=C\c2ccccc2P(=O)(c2ccccc2)c2ccccc2)=NC1C(c1ccccc1)c1c(C)cc(/C=C/c2ccccc2P(=O)(c2ccccc2)c2ccccc2)n1B(F)F. The number of aryl methyl sites for hydroxylation is 1. The second-order valence-corrected chi connectivity index (χ2v) is 21.9. The summed E-state index contributed by atoms with van der Waals surface area (Å²) in [7, 11) is -9.51. The lowest BCUT2D eigenvalue weighted by atomic mass is 9.83. The molecule has 2 unspecified atom stereocenters. The first-order valence-electron chi connectivity index (χ1n) is 22.0. The Morgan fingerprint density at radius 2 is 0.924 bits per heavy atom. The third-order valence-electron chi connectivity index (χ3n) is 12.3. The number of benzene rings is 7. The van der Waals surface area contributed by atoms with Gasteiger partial charge in [0.15, 0.2) is 14.3 Å². The van der Waals surface area contributed by atoms with Crippen molar-refractivity contribution in [2.45, 2.75) is 25.8 Å². The molecule has 0 amide bonds. The van der Waals surface area contributed by atoms with Crippen molar-refractivity contribution in [1.82, 2.24) is 4.48 Å². The Morgan fingerprint density at radius 1 is 0.530 bits per heavy atom. The molecule has 0 fully saturated rings. The van der Waals surface area contributed by atoms with Gasteiger partial charge in [-0.05, 0) is 66.0 Å². The van der Waals surface area contributed by atoms with Crippen LogP contribution in [0.3, 0.4) is 0 Å². The zero-order chi connectivity index (χ0) is 45.7. The van der Waals surface area contributed by atoms with Gasteiger partial charge < -0.3 is 13.6 Å². The van der Waals surface area contributed by atoms with Crippen LogP contribution in [0.1, 0.15) is 46.5 Å². The first kappa shape index (κ1) is 44.3. The van der Waals surface area contributed by atoms with Gasteiger partial charge in [0.1, 0.15) is 0 Å². The molecule has 2 heterocycles. The van der Waals surface area contributed by atoms with Gasteiger partial charge in [0.2, 0.25) is 0 Å². The fourth-order valence-corrected chi connectivity index (χ4v) is 14.9. The fourth-order valence-electron chi connectivity index (χ4n) is 9.22. The van der Waals surface area contributed by atoms with Crippen LogP contribution in [0.4, 0.5) is 8.63 Å². The van der Waals surface area contributed by atoms with Gasteiger partial charge >= 0.3 is 7.40 Å². The molecule has 1 aliphatic heterocycles. The third kappa shape index (κ3) is 8.53. The van der Waals surface area contributed by atoms with Crippen molar-refractivity contribution in [1.29, 1.82) is 0 Å². The minimum Gasteiger partial charge on any atom is -0.329 e. The molecule has 0 saturated carbocycles. The monoisotopic (exact) mass is 902 g/mol. The standard InChI is InChI=1S/C57H47BF2N2O2P2/c1-42-40-47(38-36-44-22-18-20-34-53(44)65(63,49-26-10-4-11-27-49)50-28-12-5-13-29-50)61-56(42)55(46-24-8-3-9-25-46)57-43(2)41-48(62(57)58(59)60)39-37-45-23-19-21-35-54(45)66(64,51-30-14-6-15-31-51)52-32-16-7-17-33-52/h3-41,55-56H,1-2H3/b38-36-,39-37+. The zero-order valence-corrected chi connectivity index (χ0v) is 38.4. The van der Waals surface area contributed by atoms with Crippen molar-refractivity contribution in [2.24, 2.45) is 4.99 Å². The molecule has 0 N–H and O–H groups in total. The Morgan fingerprint density at radius 3 is 1.36 bits per heavy atom. The number of aliphatic imine (C=N–C) groups is 1. The normalized spacial score (nSPS) is 14.6. The van der Waals surface area contributed by atoms with Crippen LogP contribution >= 0.6 is 14.3 Å². The van der Waals surface area contributed by atoms with Crippen LogP contribution in [0, 0.1) is 6.92 Å². The van der Waals surface area contributed by atoms with Crippen LogP contribution in [0.2, 0.25) is 0 Å². The molecular formula is C57H47BF2N2O2P2. The molecule has 7 aromatic carbocycles. The molecule has 324 valence electrons. The number of nitrogens with zero attached hydrogens (tertiary/aromatic N) is 2. The molecule has 0 saturated heterocycles. The van der Waals surface area contributed by atoms with Gasteiger partial charge in [-0.25, -0.2) is 0 Å². The Labute approximate surface area is 386 Å². The number of rotatable bonds is 14. The van der Waals surface area contributed by atoms with Gasteiger partial charge in [0.25, 0.3) is 0 Å². The van der Waals surface area contributed by atoms with E-state index in [1.54, 1.807) is 18.2 Å². The summed E-state index contributed by atoms with van der Waals surface area (Å²) in [6.45, 7) is 3.88. The molecule has 1 aliphatic rings. The Hall–Kier alpha value is -6.91. The number of hydrogen-bond acceptors (Lipinski definition) is 3. The van der Waals surface area contributed by atoms with Gasteiger partial charge in [-0.2, -0.15) is 0 Å². The topological polar surface area (TPSA) is 51.4 Å². The van der Waals surface area contributed by atoms with E-state index in [1.165, 1.54) is 0 Å². The van der Waals surface area contributed by atoms with Crippen LogP contribution < -0.4 is 31.8 Å². The maximum atomic E-state index is 15.8. The van der Waals surface area contributed by atoms with E-state index < -0.39 is 33.6 Å². The summed E-state index contributed by atoms with van der Waals surface area (Å²) in [5, 5.41) is 4.21. The molecule has 4 nitrogen and oxygen atoms in total. The van der Waals surface area contributed by atoms with Crippen LogP contribution in [0.15, 0.2) is 229 Å². The van der Waals surface area contributed by atoms with Crippen molar-refractivity contribution < 1.29 is 17.8 Å². The van der Waals surface area contributed by atoms with Gasteiger partial charge in [-0.1, -0.05) is 212 Å². The summed E-state index contributed by atoms with van der Waals surface area (Å²) >= 11 is 0. The average molecular weight is 903 g/mol. The van der Waals surface area contributed by atoms with Gasteiger partial charge in [0.05, 0.1) is 11.8 Å². The van der Waals surface area contributed by atoms with Crippen LogP contribution in [-0.2, 0) is 9.13 Å². The Kier molecular flexibility index (Phi) is 12.9. The van der Waals surface area contributed by atoms with Crippen LogP contribution in [-0.4, -0.2) is 23.6 Å². The molecule has 0 radical (unpaired) electrons. The highest BCUT2D eigenvalue weighted by molar-refractivity contribution is 7.85. The lowest BCUT2D eigenvalue weighted by Crippen LogP contribution is -2.27. The highest BCUT2D eigenvalue weighted by atomic mass is 31.2. The van der Waals surface area contributed by atoms with Crippen LogP contribution in [0.5, 0.6) is 0 Å². The third-order valence-corrected chi connectivity index (χ3v) is 18.6. The largest absolute Gasteiger partial charge is 0.677 e. The van der Waals surface area contributed by atoms with E-state index in [1.807, 2.05) is 232 Å². The zero-order valence-electron chi connectivity index (χ0n) is 36.6. The highest BCUT2D eigenvalue weighted by Gasteiger charge is 2.37. The lowest BCUT2D eigenvalue weighted by Gasteiger charge is -2.26. The van der Waals surface area contributed by atoms with E-state index >= 15 is 17.8 Å². The number of hydrogen-bond donors (Lipinski definition) is 0. The predicted octanol–water partition coefficient (Wildman–Crippen LogP) is 11.6. The molecule has 0 aliphatic carbocycles. The first-order chi connectivity index (χ1) is 32.2. The van der Waals surface area contributed by atoms with Crippen molar-refractivity contribution in [3.63, 3.8) is 0 Å². The molecule has 2 atom stereocenters. The van der Waals surface area contributed by atoms with E-state index in [0.717, 1.165) is 31.8 Å². The summed E-state index contributed by atoms with van der Waals surface area (Å²) < 4.78 is 63.5.